The Balaban J connectivity index is 3.04. The first-order valence-corrected chi connectivity index (χ1v) is 7.94. The lowest BCUT2D eigenvalue weighted by molar-refractivity contribution is 0.0944. The number of nitrogen functional groups attached to an aromatic ring is 1. The first-order valence-electron chi connectivity index (χ1n) is 7.16. The summed E-state index contributed by atoms with van der Waals surface area (Å²) in [6, 6.07) is 0.0576. The van der Waals surface area contributed by atoms with Gasteiger partial charge in [0.15, 0.2) is 5.82 Å². The van der Waals surface area contributed by atoms with Crippen molar-refractivity contribution in [1.29, 1.82) is 0 Å². The Kier molecular flexibility index (Phi) is 6.91. The Morgan fingerprint density at radius 3 is 2.62 bits per heavy atom. The summed E-state index contributed by atoms with van der Waals surface area (Å²) in [6.07, 6.45) is 0. The quantitative estimate of drug-likeness (QED) is 0.767. The van der Waals surface area contributed by atoms with Crippen LogP contribution in [-0.4, -0.2) is 43.1 Å². The Labute approximate surface area is 130 Å². The maximum Gasteiger partial charge on any atom is 0.258 e. The minimum atomic E-state index is -0.169. The van der Waals surface area contributed by atoms with Crippen LogP contribution in [0, 0.1) is 5.92 Å². The molecule has 1 amide bonds. The van der Waals surface area contributed by atoms with Gasteiger partial charge in [0.25, 0.3) is 5.91 Å². The summed E-state index contributed by atoms with van der Waals surface area (Å²) in [5.41, 5.74) is 6.37. The zero-order valence-corrected chi connectivity index (χ0v) is 14.3. The molecular formula is C14H26N4O2S. The monoisotopic (exact) mass is 314 g/mol. The molecule has 3 N–H and O–H groups in total. The lowest BCUT2D eigenvalue weighted by Crippen LogP contribution is -2.35. The summed E-state index contributed by atoms with van der Waals surface area (Å²) in [5.74, 6) is 0.586. The van der Waals surface area contributed by atoms with Crippen molar-refractivity contribution in [3.63, 3.8) is 0 Å². The number of ether oxygens (including phenoxy) is 1. The van der Waals surface area contributed by atoms with Crippen molar-refractivity contribution in [2.75, 3.05) is 37.4 Å². The molecule has 0 bridgehead atoms. The van der Waals surface area contributed by atoms with Gasteiger partial charge in [0.1, 0.15) is 10.6 Å². The third kappa shape index (κ3) is 5.17. The molecule has 0 radical (unpaired) electrons. The number of nitrogens with one attached hydrogen (secondary N) is 1. The van der Waals surface area contributed by atoms with Crippen molar-refractivity contribution in [2.24, 2.45) is 5.92 Å². The van der Waals surface area contributed by atoms with Crippen molar-refractivity contribution in [3.05, 3.63) is 5.56 Å². The van der Waals surface area contributed by atoms with Gasteiger partial charge in [-0.3, -0.25) is 4.79 Å². The smallest absolute Gasteiger partial charge is 0.258 e. The predicted octanol–water partition coefficient (Wildman–Crippen LogP) is 1.97. The van der Waals surface area contributed by atoms with Crippen LogP contribution in [0.2, 0.25) is 0 Å². The highest BCUT2D eigenvalue weighted by molar-refractivity contribution is 7.11. The Hall–Kier alpha value is -1.34. The highest BCUT2D eigenvalue weighted by Gasteiger charge is 2.24. The first kappa shape index (κ1) is 17.7. The molecule has 1 rings (SSSR count). The van der Waals surface area contributed by atoms with Gasteiger partial charge in [0.2, 0.25) is 0 Å². The molecule has 0 atom stereocenters. The third-order valence-corrected chi connectivity index (χ3v) is 3.71. The van der Waals surface area contributed by atoms with Gasteiger partial charge in [0, 0.05) is 26.2 Å². The number of anilines is 2. The molecule has 0 aromatic carbocycles. The van der Waals surface area contributed by atoms with Gasteiger partial charge in [0.05, 0.1) is 6.61 Å². The molecule has 7 heteroatoms. The summed E-state index contributed by atoms with van der Waals surface area (Å²) < 4.78 is 9.32. The minimum absolute atomic E-state index is 0.0576. The van der Waals surface area contributed by atoms with E-state index in [4.69, 9.17) is 10.5 Å². The number of rotatable bonds is 8. The molecule has 0 saturated carbocycles. The topological polar surface area (TPSA) is 80.5 Å². The van der Waals surface area contributed by atoms with E-state index in [-0.39, 0.29) is 11.9 Å². The van der Waals surface area contributed by atoms with E-state index in [9.17, 15) is 4.79 Å². The van der Waals surface area contributed by atoms with E-state index in [0.29, 0.717) is 30.5 Å². The molecule has 0 spiro atoms. The Bertz CT molecular complexity index is 460. The maximum atomic E-state index is 12.3. The summed E-state index contributed by atoms with van der Waals surface area (Å²) in [5, 5.41) is 3.70. The highest BCUT2D eigenvalue weighted by Crippen LogP contribution is 2.31. The zero-order valence-electron chi connectivity index (χ0n) is 13.5. The molecule has 1 heterocycles. The van der Waals surface area contributed by atoms with Gasteiger partial charge in [-0.2, -0.15) is 4.37 Å². The van der Waals surface area contributed by atoms with E-state index in [1.54, 1.807) is 7.11 Å². The lowest BCUT2D eigenvalue weighted by atomic mass is 10.2. The number of methoxy groups -OCH3 is 1. The molecule has 0 aliphatic heterocycles. The molecule has 0 saturated heterocycles. The van der Waals surface area contributed by atoms with Crippen molar-refractivity contribution in [1.82, 2.24) is 9.69 Å². The van der Waals surface area contributed by atoms with E-state index < -0.39 is 0 Å². The zero-order chi connectivity index (χ0) is 16.0. The van der Waals surface area contributed by atoms with E-state index in [1.807, 2.05) is 13.8 Å². The Morgan fingerprint density at radius 2 is 2.10 bits per heavy atom. The predicted molar refractivity (Wildman–Crippen MR) is 88.1 cm³/mol. The molecule has 0 aliphatic carbocycles. The number of carbonyl (C=O) groups excluding carboxylic acids is 1. The van der Waals surface area contributed by atoms with Crippen molar-refractivity contribution in [3.8, 4) is 0 Å². The fourth-order valence-corrected chi connectivity index (χ4v) is 2.82. The van der Waals surface area contributed by atoms with Gasteiger partial charge in [-0.05, 0) is 31.3 Å². The molecule has 0 fully saturated rings. The van der Waals surface area contributed by atoms with Gasteiger partial charge in [-0.25, -0.2) is 0 Å². The van der Waals surface area contributed by atoms with Crippen LogP contribution in [0.25, 0.3) is 0 Å². The molecule has 1 aromatic rings. The molecule has 21 heavy (non-hydrogen) atoms. The van der Waals surface area contributed by atoms with Crippen LogP contribution in [0.1, 0.15) is 38.1 Å². The van der Waals surface area contributed by atoms with Crippen LogP contribution in [0.4, 0.5) is 10.8 Å². The van der Waals surface area contributed by atoms with Crippen LogP contribution in [0.5, 0.6) is 0 Å². The summed E-state index contributed by atoms with van der Waals surface area (Å²) in [7, 11) is 1.67. The van der Waals surface area contributed by atoms with Crippen LogP contribution in [0.15, 0.2) is 0 Å². The SMILES string of the molecule is COCCN(CC(C)C)c1snc(N)c1C(=O)NC(C)C. The second-order valence-corrected chi connectivity index (χ2v) is 6.46. The normalized spacial score (nSPS) is 11.2. The van der Waals surface area contributed by atoms with Crippen LogP contribution < -0.4 is 16.0 Å². The molecule has 120 valence electrons. The van der Waals surface area contributed by atoms with Crippen molar-refractivity contribution >= 4 is 28.3 Å². The third-order valence-electron chi connectivity index (χ3n) is 2.79. The number of hydrogen-bond acceptors (Lipinski definition) is 6. The van der Waals surface area contributed by atoms with Gasteiger partial charge in [-0.1, -0.05) is 13.8 Å². The average molecular weight is 314 g/mol. The number of aromatic nitrogens is 1. The molecule has 6 nitrogen and oxygen atoms in total. The molecule has 0 unspecified atom stereocenters. The molecular weight excluding hydrogens is 288 g/mol. The number of carbonyl (C=O) groups is 1. The van der Waals surface area contributed by atoms with Crippen LogP contribution in [-0.2, 0) is 4.74 Å². The lowest BCUT2D eigenvalue weighted by Gasteiger charge is -2.25. The summed E-state index contributed by atoms with van der Waals surface area (Å²) in [6.45, 7) is 10.2. The van der Waals surface area contributed by atoms with Crippen molar-refractivity contribution in [2.45, 2.75) is 33.7 Å². The summed E-state index contributed by atoms with van der Waals surface area (Å²) >= 11 is 1.27. The van der Waals surface area contributed by atoms with Gasteiger partial charge in [-0.15, -0.1) is 0 Å². The average Bonchev–Trinajstić information content (AvgIpc) is 2.75. The van der Waals surface area contributed by atoms with E-state index in [0.717, 1.165) is 11.5 Å². The second-order valence-electron chi connectivity index (χ2n) is 5.71. The largest absolute Gasteiger partial charge is 0.383 e. The fourth-order valence-electron chi connectivity index (χ4n) is 1.97. The van der Waals surface area contributed by atoms with E-state index in [2.05, 4.69) is 28.4 Å². The first-order chi connectivity index (χ1) is 9.86. The Morgan fingerprint density at radius 1 is 1.43 bits per heavy atom. The fraction of sp³-hybridized carbons (Fsp3) is 0.714. The van der Waals surface area contributed by atoms with Crippen molar-refractivity contribution < 1.29 is 9.53 Å². The van der Waals surface area contributed by atoms with Crippen LogP contribution >= 0.6 is 11.5 Å². The standard InChI is InChI=1S/C14H26N4O2S/c1-9(2)8-18(6-7-20-5)14-11(12(15)17-21-14)13(19)16-10(3)4/h9-10H,6-8H2,1-5H3,(H2,15,17)(H,16,19). The number of nitrogens with zero attached hydrogens (tertiary/aromatic N) is 2. The second kappa shape index (κ2) is 8.19. The molecule has 0 aliphatic rings. The van der Waals surface area contributed by atoms with Gasteiger partial charge < -0.3 is 20.7 Å². The van der Waals surface area contributed by atoms with E-state index >= 15 is 0 Å². The van der Waals surface area contributed by atoms with E-state index in [1.165, 1.54) is 11.5 Å². The minimum Gasteiger partial charge on any atom is -0.383 e. The highest BCUT2D eigenvalue weighted by atomic mass is 32.1. The van der Waals surface area contributed by atoms with Gasteiger partial charge >= 0.3 is 0 Å². The number of hydrogen-bond donors (Lipinski definition) is 2. The van der Waals surface area contributed by atoms with Crippen LogP contribution in [0.3, 0.4) is 0 Å². The summed E-state index contributed by atoms with van der Waals surface area (Å²) in [4.78, 5) is 14.5. The maximum absolute atomic E-state index is 12.3. The number of amides is 1. The number of nitrogens with two attached hydrogens (primary N) is 1. The molecule has 1 aromatic heterocycles.